The van der Waals surface area contributed by atoms with Crippen LogP contribution in [-0.4, -0.2) is 0 Å². The molecule has 0 N–H and O–H groups in total. The van der Waals surface area contributed by atoms with Crippen molar-refractivity contribution in [2.45, 2.75) is 0 Å². The van der Waals surface area contributed by atoms with Gasteiger partial charge < -0.3 is 0 Å². The van der Waals surface area contributed by atoms with E-state index in [1.807, 2.05) is 0 Å². The quantitative estimate of drug-likeness (QED) is 0.556. The molecule has 0 amide bonds. The average molecular weight is 188 g/mol. The molecule has 0 atom stereocenters. The standard InChI is InChI=1S/C8H3F3S/c9-5-3-4-1-2-12-8(4)7(11)6(5)10/h1-3H. The number of hydrogen-bond acceptors (Lipinski definition) is 1. The summed E-state index contributed by atoms with van der Waals surface area (Å²) in [6.07, 6.45) is 0. The van der Waals surface area contributed by atoms with Gasteiger partial charge in [0, 0.05) is 0 Å². The predicted octanol–water partition coefficient (Wildman–Crippen LogP) is 3.32. The fourth-order valence-corrected chi connectivity index (χ4v) is 1.82. The molecule has 0 saturated heterocycles. The van der Waals surface area contributed by atoms with Gasteiger partial charge in [0.15, 0.2) is 17.5 Å². The van der Waals surface area contributed by atoms with Gasteiger partial charge in [0.05, 0.1) is 4.70 Å². The van der Waals surface area contributed by atoms with Crippen LogP contribution in [0.1, 0.15) is 0 Å². The summed E-state index contributed by atoms with van der Waals surface area (Å²) in [6.45, 7) is 0. The van der Waals surface area contributed by atoms with Crippen molar-refractivity contribution in [3.05, 3.63) is 35.0 Å². The Bertz CT molecular complexity index is 433. The summed E-state index contributed by atoms with van der Waals surface area (Å²) in [5.74, 6) is -3.64. The second kappa shape index (κ2) is 2.48. The van der Waals surface area contributed by atoms with Crippen molar-refractivity contribution in [2.75, 3.05) is 0 Å². The van der Waals surface area contributed by atoms with Crippen LogP contribution in [0.25, 0.3) is 10.1 Å². The maximum atomic E-state index is 12.9. The fourth-order valence-electron chi connectivity index (χ4n) is 1.02. The number of benzene rings is 1. The largest absolute Gasteiger partial charge is 0.204 e. The van der Waals surface area contributed by atoms with Gasteiger partial charge in [0.1, 0.15) is 0 Å². The zero-order valence-corrected chi connectivity index (χ0v) is 6.59. The Hall–Kier alpha value is -1.03. The highest BCUT2D eigenvalue weighted by atomic mass is 32.1. The maximum absolute atomic E-state index is 12.9. The molecule has 0 spiro atoms. The molecule has 2 aromatic rings. The van der Waals surface area contributed by atoms with Gasteiger partial charge >= 0.3 is 0 Å². The van der Waals surface area contributed by atoms with E-state index in [0.29, 0.717) is 5.39 Å². The normalized spacial score (nSPS) is 10.9. The summed E-state index contributed by atoms with van der Waals surface area (Å²) in [5, 5.41) is 1.99. The topological polar surface area (TPSA) is 0 Å². The van der Waals surface area contributed by atoms with E-state index >= 15 is 0 Å². The molecule has 0 bridgehead atoms. The molecule has 4 heteroatoms. The van der Waals surface area contributed by atoms with Crippen molar-refractivity contribution in [1.29, 1.82) is 0 Å². The molecule has 0 aliphatic heterocycles. The molecule has 0 nitrogen and oxygen atoms in total. The van der Waals surface area contributed by atoms with Gasteiger partial charge in [-0.1, -0.05) is 0 Å². The molecule has 1 heterocycles. The molecule has 12 heavy (non-hydrogen) atoms. The molecular weight excluding hydrogens is 185 g/mol. The van der Waals surface area contributed by atoms with E-state index in [1.54, 1.807) is 11.4 Å². The van der Waals surface area contributed by atoms with Crippen molar-refractivity contribution in [1.82, 2.24) is 0 Å². The van der Waals surface area contributed by atoms with Crippen LogP contribution in [0.2, 0.25) is 0 Å². The van der Waals surface area contributed by atoms with Crippen LogP contribution >= 0.6 is 11.3 Å². The first-order valence-electron chi connectivity index (χ1n) is 3.21. The molecule has 62 valence electrons. The number of thiophene rings is 1. The second-order valence-electron chi connectivity index (χ2n) is 2.33. The SMILES string of the molecule is Fc1cc2ccsc2c(F)c1F. The lowest BCUT2D eigenvalue weighted by molar-refractivity contribution is 0.454. The number of hydrogen-bond donors (Lipinski definition) is 0. The smallest absolute Gasteiger partial charge is 0.195 e. The van der Waals surface area contributed by atoms with Crippen LogP contribution in [0.15, 0.2) is 17.5 Å². The molecule has 1 aromatic carbocycles. The van der Waals surface area contributed by atoms with E-state index in [-0.39, 0.29) is 4.70 Å². The molecular formula is C8H3F3S. The summed E-state index contributed by atoms with van der Waals surface area (Å²) in [7, 11) is 0. The third-order valence-corrected chi connectivity index (χ3v) is 2.50. The van der Waals surface area contributed by atoms with E-state index in [2.05, 4.69) is 0 Å². The predicted molar refractivity (Wildman–Crippen MR) is 41.7 cm³/mol. The van der Waals surface area contributed by atoms with Crippen LogP contribution in [0.4, 0.5) is 13.2 Å². The molecule has 0 unspecified atom stereocenters. The summed E-state index contributed by atoms with van der Waals surface area (Å²) in [6, 6.07) is 2.54. The van der Waals surface area contributed by atoms with Crippen LogP contribution < -0.4 is 0 Å². The van der Waals surface area contributed by atoms with Gasteiger partial charge in [-0.15, -0.1) is 11.3 Å². The Kier molecular flexibility index (Phi) is 1.58. The van der Waals surface area contributed by atoms with E-state index in [4.69, 9.17) is 0 Å². The molecule has 0 fully saturated rings. The minimum absolute atomic E-state index is 0.161. The number of halogens is 3. The van der Waals surface area contributed by atoms with Crippen molar-refractivity contribution in [2.24, 2.45) is 0 Å². The third-order valence-electron chi connectivity index (χ3n) is 1.58. The second-order valence-corrected chi connectivity index (χ2v) is 3.24. The van der Waals surface area contributed by atoms with Crippen LogP contribution in [0.5, 0.6) is 0 Å². The minimum atomic E-state index is -1.40. The van der Waals surface area contributed by atoms with Gasteiger partial charge in [-0.2, -0.15) is 0 Å². The van der Waals surface area contributed by atoms with Crippen LogP contribution in [0, 0.1) is 17.5 Å². The summed E-state index contributed by atoms with van der Waals surface area (Å²) < 4.78 is 38.2. The molecule has 0 aliphatic rings. The molecule has 1 aromatic heterocycles. The van der Waals surface area contributed by atoms with Crippen LogP contribution in [0.3, 0.4) is 0 Å². The zero-order valence-electron chi connectivity index (χ0n) is 5.77. The van der Waals surface area contributed by atoms with Crippen molar-refractivity contribution >= 4 is 21.4 Å². The highest BCUT2D eigenvalue weighted by Gasteiger charge is 2.13. The van der Waals surface area contributed by atoms with Crippen LogP contribution in [-0.2, 0) is 0 Å². The zero-order chi connectivity index (χ0) is 8.72. The highest BCUT2D eigenvalue weighted by Crippen LogP contribution is 2.27. The Labute approximate surface area is 70.3 Å². The van der Waals surface area contributed by atoms with E-state index in [0.717, 1.165) is 17.4 Å². The van der Waals surface area contributed by atoms with E-state index in [1.165, 1.54) is 0 Å². The summed E-state index contributed by atoms with van der Waals surface area (Å²) in [4.78, 5) is 0. The van der Waals surface area contributed by atoms with Gasteiger partial charge in [-0.25, -0.2) is 13.2 Å². The molecule has 0 saturated carbocycles. The van der Waals surface area contributed by atoms with Gasteiger partial charge in [0.25, 0.3) is 0 Å². The van der Waals surface area contributed by atoms with Crippen molar-refractivity contribution in [3.8, 4) is 0 Å². The third kappa shape index (κ3) is 0.914. The average Bonchev–Trinajstić information content (AvgIpc) is 2.48. The Morgan fingerprint density at radius 1 is 1.08 bits per heavy atom. The van der Waals surface area contributed by atoms with E-state index in [9.17, 15) is 13.2 Å². The Morgan fingerprint density at radius 2 is 1.83 bits per heavy atom. The minimum Gasteiger partial charge on any atom is -0.204 e. The lowest BCUT2D eigenvalue weighted by atomic mass is 10.2. The number of fused-ring (bicyclic) bond motifs is 1. The summed E-state index contributed by atoms with van der Waals surface area (Å²) in [5.41, 5.74) is 0. The van der Waals surface area contributed by atoms with Gasteiger partial charge in [-0.05, 0) is 22.9 Å². The Morgan fingerprint density at radius 3 is 2.58 bits per heavy atom. The monoisotopic (exact) mass is 188 g/mol. The molecule has 0 radical (unpaired) electrons. The van der Waals surface area contributed by atoms with Crippen molar-refractivity contribution < 1.29 is 13.2 Å². The Balaban J connectivity index is 2.94. The first-order valence-corrected chi connectivity index (χ1v) is 4.09. The molecule has 0 aliphatic carbocycles. The van der Waals surface area contributed by atoms with Crippen molar-refractivity contribution in [3.63, 3.8) is 0 Å². The van der Waals surface area contributed by atoms with Gasteiger partial charge in [0.2, 0.25) is 0 Å². The lowest BCUT2D eigenvalue weighted by Crippen LogP contribution is -1.88. The van der Waals surface area contributed by atoms with E-state index < -0.39 is 17.5 Å². The maximum Gasteiger partial charge on any atom is 0.195 e. The summed E-state index contributed by atoms with van der Waals surface area (Å²) >= 11 is 1.06. The highest BCUT2D eigenvalue weighted by molar-refractivity contribution is 7.17. The first-order chi connectivity index (χ1) is 5.70. The first kappa shape index (κ1) is 7.61. The number of rotatable bonds is 0. The molecule has 2 rings (SSSR count). The van der Waals surface area contributed by atoms with Gasteiger partial charge in [-0.3, -0.25) is 0 Å². The lowest BCUT2D eigenvalue weighted by Gasteiger charge is -1.95. The fraction of sp³-hybridized carbons (Fsp3) is 0.